The van der Waals surface area contributed by atoms with Crippen molar-refractivity contribution in [3.05, 3.63) is 80.9 Å². The van der Waals surface area contributed by atoms with Gasteiger partial charge in [-0.2, -0.15) is 0 Å². The molecule has 0 aliphatic heterocycles. The molecule has 0 aliphatic rings. The van der Waals surface area contributed by atoms with Gasteiger partial charge in [0, 0.05) is 34.6 Å². The number of nitrogens with one attached hydrogen (secondary N) is 1. The monoisotopic (exact) mass is 426 g/mol. The van der Waals surface area contributed by atoms with Gasteiger partial charge in [-0.15, -0.1) is 11.3 Å². The zero-order valence-electron chi connectivity index (χ0n) is 14.9. The Morgan fingerprint density at radius 2 is 1.86 bits per heavy atom. The lowest BCUT2D eigenvalue weighted by molar-refractivity contribution is -0.384. The molecule has 1 unspecified atom stereocenters. The Morgan fingerprint density at radius 3 is 2.55 bits per heavy atom. The van der Waals surface area contributed by atoms with Crippen LogP contribution in [-0.4, -0.2) is 26.5 Å². The van der Waals surface area contributed by atoms with Crippen molar-refractivity contribution in [3.63, 3.8) is 0 Å². The molecule has 0 spiro atoms. The maximum atomic E-state index is 10.8. The van der Waals surface area contributed by atoms with Crippen LogP contribution in [-0.2, 0) is 0 Å². The molecule has 0 saturated carbocycles. The second-order valence-corrected chi connectivity index (χ2v) is 7.60. The maximum Gasteiger partial charge on any atom is 0.269 e. The summed E-state index contributed by atoms with van der Waals surface area (Å²) in [7, 11) is 0. The third-order valence-electron chi connectivity index (χ3n) is 4.48. The average Bonchev–Trinajstić information content (AvgIpc) is 3.17. The normalized spacial score (nSPS) is 12.1. The zero-order valence-corrected chi connectivity index (χ0v) is 16.5. The minimum atomic E-state index is -0.849. The molecule has 29 heavy (non-hydrogen) atoms. The van der Waals surface area contributed by atoms with Crippen LogP contribution in [0.4, 0.5) is 11.5 Å². The number of anilines is 1. The van der Waals surface area contributed by atoms with Crippen molar-refractivity contribution in [3.8, 4) is 11.1 Å². The van der Waals surface area contributed by atoms with Gasteiger partial charge in [0.15, 0.2) is 0 Å². The van der Waals surface area contributed by atoms with E-state index in [9.17, 15) is 15.2 Å². The van der Waals surface area contributed by atoms with Crippen molar-refractivity contribution >= 4 is 44.7 Å². The topological polar surface area (TPSA) is 101 Å². The Morgan fingerprint density at radius 1 is 1.14 bits per heavy atom. The molecule has 0 aliphatic carbocycles. The van der Waals surface area contributed by atoms with E-state index < -0.39 is 11.0 Å². The van der Waals surface area contributed by atoms with Gasteiger partial charge < -0.3 is 10.4 Å². The van der Waals surface area contributed by atoms with Crippen molar-refractivity contribution in [2.75, 3.05) is 11.9 Å². The number of fused-ring (bicyclic) bond motifs is 1. The van der Waals surface area contributed by atoms with Crippen LogP contribution in [0, 0.1) is 10.1 Å². The van der Waals surface area contributed by atoms with E-state index in [0.717, 1.165) is 21.3 Å². The van der Waals surface area contributed by atoms with Gasteiger partial charge >= 0.3 is 0 Å². The number of non-ortho nitro benzene ring substituents is 1. The molecule has 2 heterocycles. The first-order chi connectivity index (χ1) is 14.0. The highest BCUT2D eigenvalue weighted by Gasteiger charge is 2.15. The maximum absolute atomic E-state index is 10.8. The molecule has 2 aromatic heterocycles. The van der Waals surface area contributed by atoms with E-state index in [1.54, 1.807) is 12.1 Å². The Bertz CT molecular complexity index is 1160. The van der Waals surface area contributed by atoms with Crippen LogP contribution in [0.3, 0.4) is 0 Å². The van der Waals surface area contributed by atoms with Crippen molar-refractivity contribution in [2.24, 2.45) is 0 Å². The zero-order chi connectivity index (χ0) is 20.4. The predicted octanol–water partition coefficient (Wildman–Crippen LogP) is 5.07. The number of nitrogens with zero attached hydrogens (tertiary/aromatic N) is 3. The van der Waals surface area contributed by atoms with E-state index in [1.807, 2.05) is 29.6 Å². The van der Waals surface area contributed by atoms with Crippen LogP contribution in [0.25, 0.3) is 21.3 Å². The van der Waals surface area contributed by atoms with Crippen LogP contribution < -0.4 is 5.32 Å². The fourth-order valence-electron chi connectivity index (χ4n) is 2.98. The van der Waals surface area contributed by atoms with Gasteiger partial charge in [-0.1, -0.05) is 23.7 Å². The third-order valence-corrected chi connectivity index (χ3v) is 5.62. The smallest absolute Gasteiger partial charge is 0.269 e. The van der Waals surface area contributed by atoms with Crippen LogP contribution in [0.15, 0.2) is 60.2 Å². The summed E-state index contributed by atoms with van der Waals surface area (Å²) in [6.45, 7) is 0.194. The summed E-state index contributed by atoms with van der Waals surface area (Å²) in [4.78, 5) is 19.8. The molecule has 2 aromatic carbocycles. The minimum absolute atomic E-state index is 0.0164. The number of nitro benzene ring substituents is 1. The van der Waals surface area contributed by atoms with Gasteiger partial charge in [0.25, 0.3) is 5.69 Å². The highest BCUT2D eigenvalue weighted by molar-refractivity contribution is 7.17. The van der Waals surface area contributed by atoms with Gasteiger partial charge in [0.1, 0.15) is 17.0 Å². The molecule has 0 saturated heterocycles. The molecule has 0 bridgehead atoms. The highest BCUT2D eigenvalue weighted by Crippen LogP contribution is 2.37. The molecule has 0 fully saturated rings. The average molecular weight is 427 g/mol. The number of aliphatic hydroxyl groups is 1. The first-order valence-electron chi connectivity index (χ1n) is 8.67. The van der Waals surface area contributed by atoms with E-state index in [-0.39, 0.29) is 12.2 Å². The number of hydrogen-bond donors (Lipinski definition) is 2. The van der Waals surface area contributed by atoms with Crippen molar-refractivity contribution < 1.29 is 10.0 Å². The standard InChI is InChI=1S/C20H15ClN4O3S/c21-14-5-1-12(2-6-14)16-10-29-20-18(16)19(23-11-24-20)22-9-17(26)13-3-7-15(8-4-13)25(27)28/h1-8,10-11,17,26H,9H2,(H,22,23,24). The molecule has 1 atom stereocenters. The first-order valence-corrected chi connectivity index (χ1v) is 9.93. The Balaban J connectivity index is 1.58. The van der Waals surface area contributed by atoms with Crippen LogP contribution in [0.1, 0.15) is 11.7 Å². The fourth-order valence-corrected chi connectivity index (χ4v) is 4.02. The lowest BCUT2D eigenvalue weighted by Gasteiger charge is -2.13. The summed E-state index contributed by atoms with van der Waals surface area (Å²) in [5, 5.41) is 28.0. The number of hydrogen-bond acceptors (Lipinski definition) is 7. The highest BCUT2D eigenvalue weighted by atomic mass is 35.5. The van der Waals surface area contributed by atoms with Crippen LogP contribution >= 0.6 is 22.9 Å². The minimum Gasteiger partial charge on any atom is -0.387 e. The number of rotatable bonds is 6. The number of nitro groups is 1. The van der Waals surface area contributed by atoms with Crippen molar-refractivity contribution in [1.82, 2.24) is 9.97 Å². The summed E-state index contributed by atoms with van der Waals surface area (Å²) in [6, 6.07) is 13.4. The lowest BCUT2D eigenvalue weighted by Crippen LogP contribution is -2.13. The summed E-state index contributed by atoms with van der Waals surface area (Å²) in [5.41, 5.74) is 2.54. The molecule has 2 N–H and O–H groups in total. The van der Waals surface area contributed by atoms with E-state index in [4.69, 9.17) is 11.6 Å². The summed E-state index contributed by atoms with van der Waals surface area (Å²) in [6.07, 6.45) is 0.629. The Kier molecular flexibility index (Phi) is 5.39. The molecule has 146 valence electrons. The molecule has 9 heteroatoms. The summed E-state index contributed by atoms with van der Waals surface area (Å²) in [5.74, 6) is 0.613. The largest absolute Gasteiger partial charge is 0.387 e. The summed E-state index contributed by atoms with van der Waals surface area (Å²) < 4.78 is 0. The van der Waals surface area contributed by atoms with Crippen molar-refractivity contribution in [1.29, 1.82) is 0 Å². The van der Waals surface area contributed by atoms with Gasteiger partial charge in [-0.3, -0.25) is 10.1 Å². The molecular formula is C20H15ClN4O3S. The number of aliphatic hydroxyl groups excluding tert-OH is 1. The van der Waals surface area contributed by atoms with Gasteiger partial charge in [0.2, 0.25) is 0 Å². The van der Waals surface area contributed by atoms with E-state index in [2.05, 4.69) is 15.3 Å². The molecule has 4 aromatic rings. The number of aromatic nitrogens is 2. The quantitative estimate of drug-likeness (QED) is 0.330. The fraction of sp³-hybridized carbons (Fsp3) is 0.100. The number of benzene rings is 2. The van der Waals surface area contributed by atoms with E-state index in [0.29, 0.717) is 16.4 Å². The van der Waals surface area contributed by atoms with Gasteiger partial charge in [-0.25, -0.2) is 9.97 Å². The van der Waals surface area contributed by atoms with Crippen LogP contribution in [0.5, 0.6) is 0 Å². The van der Waals surface area contributed by atoms with Gasteiger partial charge in [0.05, 0.1) is 16.4 Å². The second kappa shape index (κ2) is 8.12. The molecular weight excluding hydrogens is 412 g/mol. The number of halogens is 1. The molecule has 4 rings (SSSR count). The van der Waals surface area contributed by atoms with Gasteiger partial charge in [-0.05, 0) is 35.4 Å². The van der Waals surface area contributed by atoms with Crippen LogP contribution in [0.2, 0.25) is 5.02 Å². The second-order valence-electron chi connectivity index (χ2n) is 6.30. The Labute approximate surface area is 174 Å². The molecule has 0 radical (unpaired) electrons. The Hall–Kier alpha value is -3.07. The first kappa shape index (κ1) is 19.3. The predicted molar refractivity (Wildman–Crippen MR) is 114 cm³/mol. The van der Waals surface area contributed by atoms with Crippen molar-refractivity contribution in [2.45, 2.75) is 6.10 Å². The molecule has 0 amide bonds. The lowest BCUT2D eigenvalue weighted by atomic mass is 10.1. The van der Waals surface area contributed by atoms with E-state index in [1.165, 1.54) is 29.8 Å². The molecule has 7 nitrogen and oxygen atoms in total. The van der Waals surface area contributed by atoms with E-state index >= 15 is 0 Å². The summed E-state index contributed by atoms with van der Waals surface area (Å²) >= 11 is 7.50. The third kappa shape index (κ3) is 4.04. The SMILES string of the molecule is O=[N+]([O-])c1ccc(C(O)CNc2ncnc3scc(-c4ccc(Cl)cc4)c23)cc1. The number of thiophene rings is 1.